The Hall–Kier alpha value is -2.87. The van der Waals surface area contributed by atoms with Gasteiger partial charge in [-0.2, -0.15) is 0 Å². The molecule has 1 rings (SSSR count). The maximum absolute atomic E-state index is 14.2. The van der Waals surface area contributed by atoms with Crippen LogP contribution in [0.2, 0.25) is 0 Å². The Labute approximate surface area is 242 Å². The lowest BCUT2D eigenvalue weighted by molar-refractivity contribution is -0.141. The van der Waals surface area contributed by atoms with Crippen LogP contribution in [0.25, 0.3) is 0 Å². The molecule has 3 amide bonds. The van der Waals surface area contributed by atoms with E-state index in [4.69, 9.17) is 4.74 Å². The fraction of sp³-hybridized carbons (Fsp3) is 0.656. The van der Waals surface area contributed by atoms with Crippen LogP contribution < -0.4 is 5.32 Å². The van der Waals surface area contributed by atoms with Crippen molar-refractivity contribution < 1.29 is 24.2 Å². The highest BCUT2D eigenvalue weighted by Crippen LogP contribution is 2.32. The van der Waals surface area contributed by atoms with Gasteiger partial charge in [0.05, 0.1) is 12.6 Å². The van der Waals surface area contributed by atoms with Crippen molar-refractivity contribution in [2.45, 2.75) is 105 Å². The number of aliphatic hydroxyl groups excluding tert-OH is 1. The van der Waals surface area contributed by atoms with Crippen LogP contribution in [0.15, 0.2) is 42.0 Å². The van der Waals surface area contributed by atoms with Crippen LogP contribution >= 0.6 is 0 Å². The number of likely N-dealkylation sites (N-methyl/N-ethyl adjacent to an activating group) is 2. The van der Waals surface area contributed by atoms with Crippen LogP contribution in [-0.4, -0.2) is 77.2 Å². The molecular weight excluding hydrogens is 506 g/mol. The summed E-state index contributed by atoms with van der Waals surface area (Å²) in [5, 5.41) is 12.6. The SMILES string of the molecule is C/C(=C\[C@H](C(C)C)N(C)C(=O)[C@@H](NC(=O)[C@@H](N(C)C(=O)OC(C)(C)C)C(C)(C)c1ccccc1)C(C)(C)C)CO. The molecule has 226 valence electrons. The molecule has 0 bridgehead atoms. The van der Waals surface area contributed by atoms with Gasteiger partial charge in [-0.1, -0.05) is 90.4 Å². The maximum atomic E-state index is 14.2. The first kappa shape index (κ1) is 35.2. The fourth-order valence-electron chi connectivity index (χ4n) is 4.77. The van der Waals surface area contributed by atoms with Crippen molar-refractivity contribution in [3.05, 3.63) is 47.5 Å². The first-order chi connectivity index (χ1) is 18.1. The van der Waals surface area contributed by atoms with Crippen LogP contribution in [0.4, 0.5) is 4.79 Å². The molecule has 40 heavy (non-hydrogen) atoms. The molecule has 0 radical (unpaired) electrons. The van der Waals surface area contributed by atoms with Gasteiger partial charge in [0.25, 0.3) is 0 Å². The van der Waals surface area contributed by atoms with Gasteiger partial charge >= 0.3 is 6.09 Å². The molecule has 1 aromatic rings. The highest BCUT2D eigenvalue weighted by atomic mass is 16.6. The van der Waals surface area contributed by atoms with Gasteiger partial charge < -0.3 is 20.1 Å². The summed E-state index contributed by atoms with van der Waals surface area (Å²) >= 11 is 0. The first-order valence-corrected chi connectivity index (χ1v) is 14.0. The predicted molar refractivity (Wildman–Crippen MR) is 161 cm³/mol. The summed E-state index contributed by atoms with van der Waals surface area (Å²) in [5.74, 6) is -0.625. The Balaban J connectivity index is 3.57. The van der Waals surface area contributed by atoms with E-state index in [1.807, 2.05) is 91.8 Å². The Morgan fingerprint density at radius 3 is 1.90 bits per heavy atom. The van der Waals surface area contributed by atoms with Crippen LogP contribution in [0, 0.1) is 11.3 Å². The van der Waals surface area contributed by atoms with E-state index in [2.05, 4.69) is 5.32 Å². The summed E-state index contributed by atoms with van der Waals surface area (Å²) in [7, 11) is 3.28. The minimum atomic E-state index is -0.981. The number of carbonyl (C=O) groups excluding carboxylic acids is 3. The van der Waals surface area contributed by atoms with Crippen molar-refractivity contribution in [1.82, 2.24) is 15.1 Å². The molecule has 0 spiro atoms. The second kappa shape index (κ2) is 13.7. The summed E-state index contributed by atoms with van der Waals surface area (Å²) in [6.07, 6.45) is 1.26. The number of nitrogens with one attached hydrogen (secondary N) is 1. The molecule has 3 atom stereocenters. The molecule has 1 aromatic carbocycles. The molecule has 0 saturated carbocycles. The topological polar surface area (TPSA) is 99.2 Å². The van der Waals surface area contributed by atoms with E-state index in [-0.39, 0.29) is 24.5 Å². The van der Waals surface area contributed by atoms with Crippen molar-refractivity contribution in [3.8, 4) is 0 Å². The molecule has 0 aliphatic carbocycles. The second-order valence-electron chi connectivity index (χ2n) is 13.7. The van der Waals surface area contributed by atoms with E-state index in [1.165, 1.54) is 4.90 Å². The molecule has 0 unspecified atom stereocenters. The van der Waals surface area contributed by atoms with Crippen LogP contribution in [0.1, 0.15) is 81.7 Å². The van der Waals surface area contributed by atoms with Crippen LogP contribution in [0.3, 0.4) is 0 Å². The highest BCUT2D eigenvalue weighted by Gasteiger charge is 2.45. The zero-order chi connectivity index (χ0) is 31.2. The third-order valence-electron chi connectivity index (χ3n) is 7.10. The van der Waals surface area contributed by atoms with Gasteiger partial charge in [-0.05, 0) is 44.6 Å². The lowest BCUT2D eigenvalue weighted by Crippen LogP contribution is -2.63. The smallest absolute Gasteiger partial charge is 0.410 e. The van der Waals surface area contributed by atoms with Gasteiger partial charge in [0.2, 0.25) is 11.8 Å². The van der Waals surface area contributed by atoms with Crippen molar-refractivity contribution in [1.29, 1.82) is 0 Å². The number of carbonyl (C=O) groups is 3. The maximum Gasteiger partial charge on any atom is 0.410 e. The lowest BCUT2D eigenvalue weighted by Gasteiger charge is -2.42. The highest BCUT2D eigenvalue weighted by molar-refractivity contribution is 5.93. The van der Waals surface area contributed by atoms with Gasteiger partial charge in [0, 0.05) is 19.5 Å². The number of hydrogen-bond acceptors (Lipinski definition) is 5. The third kappa shape index (κ3) is 9.36. The molecule has 0 fully saturated rings. The summed E-state index contributed by atoms with van der Waals surface area (Å²) in [5.41, 5.74) is -0.578. The largest absolute Gasteiger partial charge is 0.444 e. The molecule has 8 heteroatoms. The van der Waals surface area contributed by atoms with E-state index >= 15 is 0 Å². The molecule has 0 aromatic heterocycles. The van der Waals surface area contributed by atoms with Crippen molar-refractivity contribution in [3.63, 3.8) is 0 Å². The van der Waals surface area contributed by atoms with E-state index in [0.717, 1.165) is 11.1 Å². The van der Waals surface area contributed by atoms with Crippen molar-refractivity contribution in [2.75, 3.05) is 20.7 Å². The van der Waals surface area contributed by atoms with Gasteiger partial charge in [-0.3, -0.25) is 14.5 Å². The molecule has 8 nitrogen and oxygen atoms in total. The zero-order valence-corrected chi connectivity index (χ0v) is 27.0. The molecule has 2 N–H and O–H groups in total. The number of ether oxygens (including phenoxy) is 1. The Morgan fingerprint density at radius 1 is 0.950 bits per heavy atom. The van der Waals surface area contributed by atoms with Gasteiger partial charge in [0.1, 0.15) is 17.7 Å². The number of aliphatic hydroxyl groups is 1. The summed E-state index contributed by atoms with van der Waals surface area (Å²) in [6.45, 7) is 20.6. The van der Waals surface area contributed by atoms with Crippen LogP contribution in [-0.2, 0) is 19.7 Å². The molecule has 0 saturated heterocycles. The number of benzene rings is 1. The standard InChI is InChI=1S/C32H53N3O5/c1-21(2)24(19-22(3)20-36)34(12)28(38)25(30(4,5)6)33-27(37)26(35(13)29(39)40-31(7,8)9)32(10,11)23-17-15-14-16-18-23/h14-19,21,24-26,36H,20H2,1-13H3,(H,33,37)/b22-19+/t24-,25-,26-/m1/s1. The molecule has 0 aliphatic rings. The fourth-order valence-corrected chi connectivity index (χ4v) is 4.77. The van der Waals surface area contributed by atoms with Gasteiger partial charge in [0.15, 0.2) is 0 Å². The number of rotatable bonds is 10. The van der Waals surface area contributed by atoms with E-state index in [9.17, 15) is 19.5 Å². The minimum Gasteiger partial charge on any atom is -0.444 e. The van der Waals surface area contributed by atoms with Crippen LogP contribution in [0.5, 0.6) is 0 Å². The zero-order valence-electron chi connectivity index (χ0n) is 27.0. The minimum absolute atomic E-state index is 0.0786. The number of nitrogens with zero attached hydrogens (tertiary/aromatic N) is 2. The van der Waals surface area contributed by atoms with Gasteiger partial charge in [-0.15, -0.1) is 0 Å². The summed E-state index contributed by atoms with van der Waals surface area (Å²) in [4.78, 5) is 44.4. The average molecular weight is 560 g/mol. The first-order valence-electron chi connectivity index (χ1n) is 14.0. The van der Waals surface area contributed by atoms with Crippen molar-refractivity contribution >= 4 is 17.9 Å². The van der Waals surface area contributed by atoms with Crippen molar-refractivity contribution in [2.24, 2.45) is 11.3 Å². The third-order valence-corrected chi connectivity index (χ3v) is 7.10. The molecule has 0 aliphatic heterocycles. The van der Waals surface area contributed by atoms with E-state index in [1.54, 1.807) is 39.8 Å². The summed E-state index contributed by atoms with van der Waals surface area (Å²) in [6, 6.07) is 7.39. The summed E-state index contributed by atoms with van der Waals surface area (Å²) < 4.78 is 5.63. The molecular formula is C32H53N3O5. The Bertz CT molecular complexity index is 1030. The lowest BCUT2D eigenvalue weighted by atomic mass is 9.76. The quantitative estimate of drug-likeness (QED) is 0.386. The average Bonchev–Trinajstić information content (AvgIpc) is 2.83. The van der Waals surface area contributed by atoms with E-state index in [0.29, 0.717) is 0 Å². The Morgan fingerprint density at radius 2 is 1.48 bits per heavy atom. The predicted octanol–water partition coefficient (Wildman–Crippen LogP) is 5.15. The van der Waals surface area contributed by atoms with Gasteiger partial charge in [-0.25, -0.2) is 4.79 Å². The number of amides is 3. The van der Waals surface area contributed by atoms with E-state index < -0.39 is 40.5 Å². The Kier molecular flexibility index (Phi) is 12.0. The number of hydrogen-bond donors (Lipinski definition) is 2. The second-order valence-corrected chi connectivity index (χ2v) is 13.7. The monoisotopic (exact) mass is 559 g/mol. The normalized spacial score (nSPS) is 15.2. The molecule has 0 heterocycles.